The maximum absolute atomic E-state index is 13.0. The van der Waals surface area contributed by atoms with Crippen molar-refractivity contribution >= 4 is 11.6 Å². The van der Waals surface area contributed by atoms with Gasteiger partial charge in [-0.1, -0.05) is 30.3 Å². The van der Waals surface area contributed by atoms with Gasteiger partial charge in [-0.2, -0.15) is 0 Å². The van der Waals surface area contributed by atoms with E-state index in [1.807, 2.05) is 29.2 Å². The van der Waals surface area contributed by atoms with Gasteiger partial charge in [-0.3, -0.25) is 9.20 Å². The molecular weight excluding hydrogens is 304 g/mol. The van der Waals surface area contributed by atoms with Crippen molar-refractivity contribution < 1.29 is 9.53 Å². The Morgan fingerprint density at radius 3 is 2.96 bits per heavy atom. The highest BCUT2D eigenvalue weighted by Gasteiger charge is 2.28. The van der Waals surface area contributed by atoms with Crippen molar-refractivity contribution in [3.63, 3.8) is 0 Å². The van der Waals surface area contributed by atoms with Crippen LogP contribution in [0.5, 0.6) is 0 Å². The zero-order valence-corrected chi connectivity index (χ0v) is 13.2. The number of nitrogens with zero attached hydrogens (tertiary/aromatic N) is 4. The van der Waals surface area contributed by atoms with Crippen molar-refractivity contribution in [2.75, 3.05) is 19.8 Å². The molecule has 0 N–H and O–H groups in total. The monoisotopic (exact) mass is 322 g/mol. The molecule has 1 amide bonds. The topological polar surface area (TPSA) is 59.7 Å². The molecule has 1 fully saturated rings. The van der Waals surface area contributed by atoms with Crippen molar-refractivity contribution in [3.8, 4) is 0 Å². The van der Waals surface area contributed by atoms with Crippen LogP contribution in [-0.2, 0) is 11.2 Å². The van der Waals surface area contributed by atoms with Crippen LogP contribution in [0.4, 0.5) is 0 Å². The highest BCUT2D eigenvalue weighted by Crippen LogP contribution is 2.17. The quantitative estimate of drug-likeness (QED) is 0.738. The number of hydrogen-bond donors (Lipinski definition) is 0. The van der Waals surface area contributed by atoms with E-state index in [1.165, 1.54) is 5.56 Å². The van der Waals surface area contributed by atoms with Crippen molar-refractivity contribution in [2.45, 2.75) is 12.5 Å². The minimum atomic E-state index is 0.0230. The first-order valence-corrected chi connectivity index (χ1v) is 8.03. The molecule has 0 aliphatic carbocycles. The lowest BCUT2D eigenvalue weighted by Gasteiger charge is -2.35. The normalized spacial score (nSPS) is 18.0. The first-order valence-electron chi connectivity index (χ1n) is 8.03. The first kappa shape index (κ1) is 14.8. The first-order chi connectivity index (χ1) is 11.8. The maximum Gasteiger partial charge on any atom is 0.255 e. The van der Waals surface area contributed by atoms with E-state index in [2.05, 4.69) is 22.3 Å². The van der Waals surface area contributed by atoms with E-state index in [0.29, 0.717) is 25.3 Å². The lowest BCUT2D eigenvalue weighted by molar-refractivity contribution is -0.00166. The summed E-state index contributed by atoms with van der Waals surface area (Å²) < 4.78 is 7.37. The molecule has 1 aromatic carbocycles. The molecule has 2 aromatic heterocycles. The predicted octanol–water partition coefficient (Wildman–Crippen LogP) is 1.81. The van der Waals surface area contributed by atoms with E-state index in [9.17, 15) is 4.79 Å². The van der Waals surface area contributed by atoms with Crippen LogP contribution < -0.4 is 0 Å². The minimum absolute atomic E-state index is 0.0230. The molecule has 1 aliphatic rings. The number of aromatic nitrogens is 3. The number of carbonyl (C=O) groups is 1. The third-order valence-electron chi connectivity index (χ3n) is 4.34. The lowest BCUT2D eigenvalue weighted by atomic mass is 10.0. The van der Waals surface area contributed by atoms with Crippen molar-refractivity contribution in [1.29, 1.82) is 0 Å². The Balaban J connectivity index is 1.58. The zero-order valence-electron chi connectivity index (χ0n) is 13.2. The van der Waals surface area contributed by atoms with Crippen molar-refractivity contribution in [3.05, 3.63) is 66.1 Å². The predicted molar refractivity (Wildman–Crippen MR) is 88.8 cm³/mol. The van der Waals surface area contributed by atoms with Gasteiger partial charge in [0.05, 0.1) is 24.8 Å². The molecule has 0 bridgehead atoms. The lowest BCUT2D eigenvalue weighted by Crippen LogP contribution is -2.49. The summed E-state index contributed by atoms with van der Waals surface area (Å²) in [6, 6.07) is 13.9. The molecule has 1 aliphatic heterocycles. The number of ether oxygens (including phenoxy) is 1. The summed E-state index contributed by atoms with van der Waals surface area (Å²) in [4.78, 5) is 14.9. The van der Waals surface area contributed by atoms with Crippen LogP contribution in [0.2, 0.25) is 0 Å². The third kappa shape index (κ3) is 2.88. The minimum Gasteiger partial charge on any atom is -0.377 e. The third-order valence-corrected chi connectivity index (χ3v) is 4.34. The maximum atomic E-state index is 13.0. The average Bonchev–Trinajstić information content (AvgIpc) is 3.10. The van der Waals surface area contributed by atoms with Gasteiger partial charge in [-0.15, -0.1) is 10.2 Å². The fourth-order valence-corrected chi connectivity index (χ4v) is 3.10. The fraction of sp³-hybridized carbons (Fsp3) is 0.278. The van der Waals surface area contributed by atoms with E-state index in [0.717, 1.165) is 12.1 Å². The van der Waals surface area contributed by atoms with E-state index in [1.54, 1.807) is 23.0 Å². The fourth-order valence-electron chi connectivity index (χ4n) is 3.10. The Morgan fingerprint density at radius 1 is 1.21 bits per heavy atom. The molecule has 6 nitrogen and oxygen atoms in total. The number of rotatable bonds is 3. The van der Waals surface area contributed by atoms with Gasteiger partial charge in [0, 0.05) is 12.7 Å². The molecule has 1 atom stereocenters. The van der Waals surface area contributed by atoms with Crippen LogP contribution in [0.25, 0.3) is 5.65 Å². The van der Waals surface area contributed by atoms with Gasteiger partial charge in [-0.25, -0.2) is 0 Å². The number of fused-ring (bicyclic) bond motifs is 1. The summed E-state index contributed by atoms with van der Waals surface area (Å²) in [6.07, 6.45) is 4.18. The molecule has 0 spiro atoms. The van der Waals surface area contributed by atoms with E-state index in [-0.39, 0.29) is 11.9 Å². The molecular formula is C18H18N4O2. The molecule has 4 rings (SSSR count). The van der Waals surface area contributed by atoms with Gasteiger partial charge in [0.25, 0.3) is 5.91 Å². The number of amides is 1. The van der Waals surface area contributed by atoms with E-state index in [4.69, 9.17) is 4.74 Å². The number of carbonyl (C=O) groups excluding carboxylic acids is 1. The van der Waals surface area contributed by atoms with Crippen LogP contribution in [0, 0.1) is 0 Å². The highest BCUT2D eigenvalue weighted by molar-refractivity contribution is 5.94. The van der Waals surface area contributed by atoms with Gasteiger partial charge < -0.3 is 9.64 Å². The van der Waals surface area contributed by atoms with E-state index < -0.39 is 0 Å². The SMILES string of the molecule is O=C(c1ccc2nncn2c1)N1CCOCC1Cc1ccccc1. The largest absolute Gasteiger partial charge is 0.377 e. The molecule has 6 heteroatoms. The molecule has 0 radical (unpaired) electrons. The smallest absolute Gasteiger partial charge is 0.255 e. The Hall–Kier alpha value is -2.73. The van der Waals surface area contributed by atoms with Gasteiger partial charge in [-0.05, 0) is 24.1 Å². The highest BCUT2D eigenvalue weighted by atomic mass is 16.5. The van der Waals surface area contributed by atoms with Gasteiger partial charge in [0.2, 0.25) is 0 Å². The van der Waals surface area contributed by atoms with Crippen LogP contribution in [0.1, 0.15) is 15.9 Å². The summed E-state index contributed by atoms with van der Waals surface area (Å²) in [5.74, 6) is 0.0230. The molecule has 24 heavy (non-hydrogen) atoms. The van der Waals surface area contributed by atoms with Crippen LogP contribution in [0.3, 0.4) is 0 Å². The zero-order chi connectivity index (χ0) is 16.4. The summed E-state index contributed by atoms with van der Waals surface area (Å²) in [5.41, 5.74) is 2.58. The second-order valence-electron chi connectivity index (χ2n) is 5.93. The van der Waals surface area contributed by atoms with Gasteiger partial charge >= 0.3 is 0 Å². The summed E-state index contributed by atoms with van der Waals surface area (Å²) in [7, 11) is 0. The standard InChI is InChI=1S/C18H18N4O2/c23-18(15-6-7-17-20-19-13-21(17)11-15)22-8-9-24-12-16(22)10-14-4-2-1-3-5-14/h1-7,11,13,16H,8-10,12H2. The van der Waals surface area contributed by atoms with Crippen molar-refractivity contribution in [2.24, 2.45) is 0 Å². The van der Waals surface area contributed by atoms with Gasteiger partial charge in [0.1, 0.15) is 6.33 Å². The average molecular weight is 322 g/mol. The number of hydrogen-bond acceptors (Lipinski definition) is 4. The summed E-state index contributed by atoms with van der Waals surface area (Å²) >= 11 is 0. The van der Waals surface area contributed by atoms with Crippen LogP contribution in [0.15, 0.2) is 55.0 Å². The van der Waals surface area contributed by atoms with Crippen molar-refractivity contribution in [1.82, 2.24) is 19.5 Å². The summed E-state index contributed by atoms with van der Waals surface area (Å²) in [5, 5.41) is 7.82. The molecule has 122 valence electrons. The Bertz CT molecular complexity index is 846. The molecule has 1 unspecified atom stereocenters. The Labute approximate surface area is 139 Å². The second kappa shape index (κ2) is 6.41. The van der Waals surface area contributed by atoms with Gasteiger partial charge in [0.15, 0.2) is 5.65 Å². The second-order valence-corrected chi connectivity index (χ2v) is 5.93. The molecule has 3 heterocycles. The Kier molecular flexibility index (Phi) is 3.96. The molecule has 1 saturated heterocycles. The Morgan fingerprint density at radius 2 is 2.08 bits per heavy atom. The van der Waals surface area contributed by atoms with Crippen LogP contribution in [-0.4, -0.2) is 51.2 Å². The summed E-state index contributed by atoms with van der Waals surface area (Å²) in [6.45, 7) is 1.75. The molecule has 3 aromatic rings. The number of benzene rings is 1. The number of pyridine rings is 1. The molecule has 0 saturated carbocycles. The van der Waals surface area contributed by atoms with E-state index >= 15 is 0 Å². The number of morpholine rings is 1. The van der Waals surface area contributed by atoms with Crippen LogP contribution >= 0.6 is 0 Å².